The number of halogens is 1. The van der Waals surface area contributed by atoms with Gasteiger partial charge in [0.2, 0.25) is 0 Å². The molecular weight excluding hydrogens is 268 g/mol. The predicted molar refractivity (Wildman–Crippen MR) is 70.4 cm³/mol. The Kier molecular flexibility index (Phi) is 5.88. The van der Waals surface area contributed by atoms with E-state index in [0.717, 1.165) is 38.0 Å². The summed E-state index contributed by atoms with van der Waals surface area (Å²) < 4.78 is 7.40. The first-order valence-corrected chi connectivity index (χ1v) is 6.87. The Labute approximate surface area is 106 Å². The first-order valence-electron chi connectivity index (χ1n) is 5.95. The van der Waals surface area contributed by atoms with E-state index in [0.29, 0.717) is 4.83 Å². The number of ether oxygens (including phenoxy) is 1. The van der Waals surface area contributed by atoms with E-state index in [4.69, 9.17) is 4.74 Å². The third-order valence-electron chi connectivity index (χ3n) is 2.70. The van der Waals surface area contributed by atoms with Crippen LogP contribution in [0.2, 0.25) is 0 Å². The summed E-state index contributed by atoms with van der Waals surface area (Å²) in [5.74, 6) is 0.921. The molecule has 0 N–H and O–H groups in total. The molecule has 0 spiro atoms. The highest BCUT2D eigenvalue weighted by molar-refractivity contribution is 9.09. The summed E-state index contributed by atoms with van der Waals surface area (Å²) in [6.45, 7) is 5.33. The molecule has 3 nitrogen and oxygen atoms in total. The minimum Gasteiger partial charge on any atom is -0.493 e. The van der Waals surface area contributed by atoms with Gasteiger partial charge in [0, 0.05) is 11.4 Å². The normalized spacial score (nSPS) is 12.8. The lowest BCUT2D eigenvalue weighted by molar-refractivity contribution is 0.405. The van der Waals surface area contributed by atoms with Gasteiger partial charge in [0.1, 0.15) is 0 Å². The molecule has 1 rings (SSSR count). The highest BCUT2D eigenvalue weighted by Crippen LogP contribution is 2.22. The van der Waals surface area contributed by atoms with Crippen LogP contribution in [0.4, 0.5) is 0 Å². The van der Waals surface area contributed by atoms with E-state index in [1.807, 2.05) is 6.20 Å². The SMILES string of the molecule is CCCn1ncc(OC)c1CCC(Br)CC. The van der Waals surface area contributed by atoms with Crippen LogP contribution in [-0.2, 0) is 13.0 Å². The second kappa shape index (κ2) is 6.94. The van der Waals surface area contributed by atoms with Crippen molar-refractivity contribution in [1.29, 1.82) is 0 Å². The zero-order valence-corrected chi connectivity index (χ0v) is 12.0. The van der Waals surface area contributed by atoms with Gasteiger partial charge in [-0.05, 0) is 25.7 Å². The number of alkyl halides is 1. The Balaban J connectivity index is 2.70. The monoisotopic (exact) mass is 288 g/mol. The largest absolute Gasteiger partial charge is 0.493 e. The average Bonchev–Trinajstić information content (AvgIpc) is 2.69. The van der Waals surface area contributed by atoms with Crippen molar-refractivity contribution in [3.8, 4) is 5.75 Å². The molecule has 1 heterocycles. The Hall–Kier alpha value is -0.510. The van der Waals surface area contributed by atoms with E-state index in [2.05, 4.69) is 39.6 Å². The fourth-order valence-corrected chi connectivity index (χ4v) is 1.95. The van der Waals surface area contributed by atoms with Crippen LogP contribution >= 0.6 is 15.9 Å². The van der Waals surface area contributed by atoms with Crippen LogP contribution < -0.4 is 4.74 Å². The molecule has 0 amide bonds. The van der Waals surface area contributed by atoms with Gasteiger partial charge in [0.25, 0.3) is 0 Å². The van der Waals surface area contributed by atoms with E-state index < -0.39 is 0 Å². The maximum absolute atomic E-state index is 5.34. The molecule has 0 aliphatic carbocycles. The standard InChI is InChI=1S/C12H21BrN2O/c1-4-8-15-11(7-6-10(13)5-2)12(16-3)9-14-15/h9-10H,4-8H2,1-3H3. The van der Waals surface area contributed by atoms with Gasteiger partial charge in [-0.1, -0.05) is 29.8 Å². The van der Waals surface area contributed by atoms with Crippen LogP contribution in [0.15, 0.2) is 6.20 Å². The topological polar surface area (TPSA) is 27.1 Å². The summed E-state index contributed by atoms with van der Waals surface area (Å²) in [7, 11) is 1.71. The molecule has 16 heavy (non-hydrogen) atoms. The quantitative estimate of drug-likeness (QED) is 0.719. The molecule has 1 unspecified atom stereocenters. The molecule has 0 bridgehead atoms. The fraction of sp³-hybridized carbons (Fsp3) is 0.750. The van der Waals surface area contributed by atoms with E-state index in [1.165, 1.54) is 5.69 Å². The van der Waals surface area contributed by atoms with E-state index in [1.54, 1.807) is 7.11 Å². The van der Waals surface area contributed by atoms with Crippen molar-refractivity contribution in [3.63, 3.8) is 0 Å². The molecule has 1 atom stereocenters. The highest BCUT2D eigenvalue weighted by Gasteiger charge is 2.12. The van der Waals surface area contributed by atoms with E-state index in [-0.39, 0.29) is 0 Å². The Morgan fingerprint density at radius 3 is 2.81 bits per heavy atom. The Bertz CT molecular complexity index is 312. The molecule has 1 aromatic rings. The molecule has 0 aliphatic rings. The number of nitrogens with zero attached hydrogens (tertiary/aromatic N) is 2. The van der Waals surface area contributed by atoms with Gasteiger partial charge in [-0.25, -0.2) is 0 Å². The van der Waals surface area contributed by atoms with Crippen molar-refractivity contribution in [2.45, 2.75) is 50.9 Å². The van der Waals surface area contributed by atoms with Crippen LogP contribution in [0.1, 0.15) is 38.8 Å². The van der Waals surface area contributed by atoms with Gasteiger partial charge in [0.05, 0.1) is 19.0 Å². The Morgan fingerprint density at radius 1 is 1.50 bits per heavy atom. The van der Waals surface area contributed by atoms with Crippen molar-refractivity contribution < 1.29 is 4.74 Å². The summed E-state index contributed by atoms with van der Waals surface area (Å²) in [6.07, 6.45) is 6.23. The molecule has 0 aromatic carbocycles. The molecule has 0 saturated carbocycles. The van der Waals surface area contributed by atoms with Crippen LogP contribution in [0.3, 0.4) is 0 Å². The summed E-state index contributed by atoms with van der Waals surface area (Å²) in [6, 6.07) is 0. The maximum atomic E-state index is 5.34. The summed E-state index contributed by atoms with van der Waals surface area (Å²) >= 11 is 3.66. The predicted octanol–water partition coefficient (Wildman–Crippen LogP) is 3.41. The molecule has 0 fully saturated rings. The van der Waals surface area contributed by atoms with Gasteiger partial charge in [-0.3, -0.25) is 4.68 Å². The minimum absolute atomic E-state index is 0.585. The third kappa shape index (κ3) is 3.51. The number of aryl methyl sites for hydroxylation is 1. The van der Waals surface area contributed by atoms with Crippen LogP contribution in [0.5, 0.6) is 5.75 Å². The number of methoxy groups -OCH3 is 1. The first kappa shape index (κ1) is 13.6. The van der Waals surface area contributed by atoms with Crippen LogP contribution in [0.25, 0.3) is 0 Å². The van der Waals surface area contributed by atoms with Gasteiger partial charge < -0.3 is 4.74 Å². The number of aromatic nitrogens is 2. The number of hydrogen-bond acceptors (Lipinski definition) is 2. The lowest BCUT2D eigenvalue weighted by Gasteiger charge is -2.10. The highest BCUT2D eigenvalue weighted by atomic mass is 79.9. The molecular formula is C12H21BrN2O. The minimum atomic E-state index is 0.585. The van der Waals surface area contributed by atoms with Crippen molar-refractivity contribution in [1.82, 2.24) is 9.78 Å². The number of rotatable bonds is 7. The van der Waals surface area contributed by atoms with Gasteiger partial charge in [-0.2, -0.15) is 5.10 Å². The molecule has 4 heteroatoms. The molecule has 92 valence electrons. The molecule has 1 aromatic heterocycles. The van der Waals surface area contributed by atoms with Gasteiger partial charge >= 0.3 is 0 Å². The summed E-state index contributed by atoms with van der Waals surface area (Å²) in [4.78, 5) is 0.585. The van der Waals surface area contributed by atoms with Crippen molar-refractivity contribution >= 4 is 15.9 Å². The zero-order valence-electron chi connectivity index (χ0n) is 10.4. The lowest BCUT2D eigenvalue weighted by atomic mass is 10.1. The van der Waals surface area contributed by atoms with Gasteiger partial charge in [0.15, 0.2) is 5.75 Å². The first-order chi connectivity index (χ1) is 7.72. The second-order valence-corrected chi connectivity index (χ2v) is 5.22. The van der Waals surface area contributed by atoms with Crippen LogP contribution in [-0.4, -0.2) is 21.7 Å². The average molecular weight is 289 g/mol. The Morgan fingerprint density at radius 2 is 2.25 bits per heavy atom. The summed E-state index contributed by atoms with van der Waals surface area (Å²) in [5.41, 5.74) is 1.22. The number of hydrogen-bond donors (Lipinski definition) is 0. The van der Waals surface area contributed by atoms with Crippen molar-refractivity contribution in [2.75, 3.05) is 7.11 Å². The van der Waals surface area contributed by atoms with Gasteiger partial charge in [-0.15, -0.1) is 0 Å². The smallest absolute Gasteiger partial charge is 0.159 e. The second-order valence-electron chi connectivity index (χ2n) is 3.93. The fourth-order valence-electron chi connectivity index (χ4n) is 1.72. The zero-order chi connectivity index (χ0) is 12.0. The molecule has 0 aliphatic heterocycles. The van der Waals surface area contributed by atoms with Crippen LogP contribution in [0, 0.1) is 0 Å². The van der Waals surface area contributed by atoms with Crippen molar-refractivity contribution in [3.05, 3.63) is 11.9 Å². The molecule has 0 saturated heterocycles. The maximum Gasteiger partial charge on any atom is 0.159 e. The lowest BCUT2D eigenvalue weighted by Crippen LogP contribution is -2.07. The summed E-state index contributed by atoms with van der Waals surface area (Å²) in [5, 5.41) is 4.36. The van der Waals surface area contributed by atoms with E-state index >= 15 is 0 Å². The third-order valence-corrected chi connectivity index (χ3v) is 3.81. The van der Waals surface area contributed by atoms with Crippen molar-refractivity contribution in [2.24, 2.45) is 0 Å². The van der Waals surface area contributed by atoms with E-state index in [9.17, 15) is 0 Å². The molecule has 0 radical (unpaired) electrons.